The number of hydrogen-bond donors (Lipinski definition) is 1. The predicted octanol–water partition coefficient (Wildman–Crippen LogP) is 0.660. The van der Waals surface area contributed by atoms with Crippen molar-refractivity contribution in [1.82, 2.24) is 24.5 Å². The second kappa shape index (κ2) is 4.85. The average Bonchev–Trinajstić information content (AvgIpc) is 2.90. The number of alkyl halides is 1. The van der Waals surface area contributed by atoms with Gasteiger partial charge in [-0.2, -0.15) is 10.2 Å². The highest BCUT2D eigenvalue weighted by atomic mass is 19.1. The second-order valence-electron chi connectivity index (χ2n) is 4.45. The van der Waals surface area contributed by atoms with E-state index in [2.05, 4.69) is 15.2 Å². The summed E-state index contributed by atoms with van der Waals surface area (Å²) in [7, 11) is 0. The molecule has 7 heteroatoms. The fraction of sp³-hybridized carbons (Fsp3) is 0.545. The maximum absolute atomic E-state index is 12.3. The molecule has 2 rings (SSSR count). The van der Waals surface area contributed by atoms with Crippen LogP contribution in [0.2, 0.25) is 0 Å². The lowest BCUT2D eigenvalue weighted by atomic mass is 10.0. The molecule has 0 saturated heterocycles. The van der Waals surface area contributed by atoms with E-state index in [1.807, 2.05) is 6.92 Å². The summed E-state index contributed by atoms with van der Waals surface area (Å²) in [5.41, 5.74) is 0.158. The maximum Gasteiger partial charge on any atom is 0.137 e. The molecule has 2 aromatic rings. The Morgan fingerprint density at radius 1 is 1.50 bits per heavy atom. The minimum absolute atomic E-state index is 0.200. The van der Waals surface area contributed by atoms with Crippen molar-refractivity contribution in [1.29, 1.82) is 0 Å². The van der Waals surface area contributed by atoms with Gasteiger partial charge in [0.1, 0.15) is 24.9 Å². The summed E-state index contributed by atoms with van der Waals surface area (Å²) in [6.45, 7) is 3.45. The number of nitrogens with zero attached hydrogens (tertiary/aromatic N) is 5. The molecule has 0 radical (unpaired) electrons. The van der Waals surface area contributed by atoms with Crippen LogP contribution in [-0.4, -0.2) is 36.3 Å². The van der Waals surface area contributed by atoms with Gasteiger partial charge in [-0.05, 0) is 19.9 Å². The first-order chi connectivity index (χ1) is 8.53. The molecule has 0 aromatic carbocycles. The summed E-state index contributed by atoms with van der Waals surface area (Å²) >= 11 is 0. The largest absolute Gasteiger partial charge is 0.382 e. The lowest BCUT2D eigenvalue weighted by Gasteiger charge is -2.20. The molecule has 0 aliphatic carbocycles. The molecule has 0 amide bonds. The van der Waals surface area contributed by atoms with Gasteiger partial charge in [-0.3, -0.25) is 4.68 Å². The van der Waals surface area contributed by atoms with Crippen molar-refractivity contribution in [2.24, 2.45) is 0 Å². The molecule has 18 heavy (non-hydrogen) atoms. The Morgan fingerprint density at radius 3 is 2.89 bits per heavy atom. The fourth-order valence-corrected chi connectivity index (χ4v) is 1.79. The van der Waals surface area contributed by atoms with E-state index < -0.39 is 12.3 Å². The van der Waals surface area contributed by atoms with Crippen LogP contribution >= 0.6 is 0 Å². The quantitative estimate of drug-likeness (QED) is 0.850. The van der Waals surface area contributed by atoms with Crippen LogP contribution in [0.25, 0.3) is 0 Å². The second-order valence-corrected chi connectivity index (χ2v) is 4.45. The molecule has 1 atom stereocenters. The predicted molar refractivity (Wildman–Crippen MR) is 62.5 cm³/mol. The van der Waals surface area contributed by atoms with Crippen LogP contribution in [0.1, 0.15) is 18.3 Å². The van der Waals surface area contributed by atoms with Gasteiger partial charge in [0.15, 0.2) is 0 Å². The fourth-order valence-electron chi connectivity index (χ4n) is 1.79. The third kappa shape index (κ3) is 2.56. The number of rotatable bonds is 5. The molecular weight excluding hydrogens is 237 g/mol. The summed E-state index contributed by atoms with van der Waals surface area (Å²) in [4.78, 5) is 3.82. The minimum atomic E-state index is -1.17. The van der Waals surface area contributed by atoms with Gasteiger partial charge in [-0.15, -0.1) is 0 Å². The van der Waals surface area contributed by atoms with E-state index in [9.17, 15) is 9.50 Å². The Kier molecular flexibility index (Phi) is 3.42. The lowest BCUT2D eigenvalue weighted by molar-refractivity contribution is 0.0295. The Labute approximate surface area is 104 Å². The van der Waals surface area contributed by atoms with Crippen molar-refractivity contribution in [2.75, 3.05) is 6.67 Å². The molecule has 6 nitrogen and oxygen atoms in total. The van der Waals surface area contributed by atoms with Gasteiger partial charge in [0.05, 0.1) is 18.8 Å². The highest BCUT2D eigenvalue weighted by molar-refractivity contribution is 5.15. The van der Waals surface area contributed by atoms with Crippen molar-refractivity contribution < 1.29 is 9.50 Å². The molecular formula is C11H16FN5O. The summed E-state index contributed by atoms with van der Waals surface area (Å²) in [6.07, 6.45) is 2.93. The summed E-state index contributed by atoms with van der Waals surface area (Å²) in [5, 5.41) is 18.6. The van der Waals surface area contributed by atoms with E-state index in [4.69, 9.17) is 0 Å². The maximum atomic E-state index is 12.3. The molecule has 0 bridgehead atoms. The van der Waals surface area contributed by atoms with Gasteiger partial charge < -0.3 is 5.11 Å². The average molecular weight is 253 g/mol. The number of aryl methyl sites for hydroxylation is 2. The van der Waals surface area contributed by atoms with E-state index in [1.54, 1.807) is 17.7 Å². The molecule has 2 heterocycles. The van der Waals surface area contributed by atoms with Crippen LogP contribution in [0.5, 0.6) is 0 Å². The number of aliphatic hydroxyl groups is 1. The number of aromatic nitrogens is 5. The van der Waals surface area contributed by atoms with Gasteiger partial charge in [0, 0.05) is 5.69 Å². The zero-order valence-electron chi connectivity index (χ0n) is 10.4. The molecule has 2 aromatic heterocycles. The highest BCUT2D eigenvalue weighted by Gasteiger charge is 2.28. The lowest BCUT2D eigenvalue weighted by Crippen LogP contribution is -2.28. The molecule has 0 fully saturated rings. The molecule has 0 saturated carbocycles. The van der Waals surface area contributed by atoms with E-state index in [1.165, 1.54) is 17.3 Å². The van der Waals surface area contributed by atoms with E-state index in [0.717, 1.165) is 5.69 Å². The Morgan fingerprint density at radius 2 is 2.28 bits per heavy atom. The van der Waals surface area contributed by atoms with Crippen molar-refractivity contribution >= 4 is 0 Å². The first-order valence-corrected chi connectivity index (χ1v) is 5.68. The van der Waals surface area contributed by atoms with Crippen LogP contribution in [0.15, 0.2) is 18.7 Å². The van der Waals surface area contributed by atoms with Crippen LogP contribution in [0.4, 0.5) is 4.39 Å². The summed E-state index contributed by atoms with van der Waals surface area (Å²) in [5.74, 6) is 0. The van der Waals surface area contributed by atoms with E-state index in [-0.39, 0.29) is 13.1 Å². The molecule has 0 aliphatic heterocycles. The number of halogens is 1. The van der Waals surface area contributed by atoms with Crippen molar-refractivity contribution in [2.45, 2.75) is 32.5 Å². The number of hydrogen-bond acceptors (Lipinski definition) is 4. The molecule has 1 N–H and O–H groups in total. The standard InChI is InChI=1S/C11H16FN5O/c1-9-5-10(15-17(9)4-3-12)11(2,18)6-16-8-13-7-14-16/h5,7-8,18H,3-4,6H2,1-2H3/t11-/m1/s1. The Balaban J connectivity index is 2.21. The topological polar surface area (TPSA) is 68.8 Å². The molecule has 0 spiro atoms. The van der Waals surface area contributed by atoms with Gasteiger partial charge in [0.25, 0.3) is 0 Å². The molecule has 0 unspecified atom stereocenters. The van der Waals surface area contributed by atoms with E-state index >= 15 is 0 Å². The van der Waals surface area contributed by atoms with Crippen LogP contribution in [0.3, 0.4) is 0 Å². The zero-order chi connectivity index (χ0) is 13.2. The van der Waals surface area contributed by atoms with Gasteiger partial charge >= 0.3 is 0 Å². The first kappa shape index (κ1) is 12.7. The third-order valence-corrected chi connectivity index (χ3v) is 2.77. The molecule has 0 aliphatic rings. The van der Waals surface area contributed by atoms with Crippen LogP contribution in [-0.2, 0) is 18.7 Å². The van der Waals surface area contributed by atoms with Gasteiger partial charge in [-0.25, -0.2) is 14.1 Å². The third-order valence-electron chi connectivity index (χ3n) is 2.77. The van der Waals surface area contributed by atoms with E-state index in [0.29, 0.717) is 5.69 Å². The monoisotopic (exact) mass is 253 g/mol. The van der Waals surface area contributed by atoms with Crippen LogP contribution in [0, 0.1) is 6.92 Å². The van der Waals surface area contributed by atoms with Crippen molar-refractivity contribution in [3.8, 4) is 0 Å². The highest BCUT2D eigenvalue weighted by Crippen LogP contribution is 2.21. The summed E-state index contributed by atoms with van der Waals surface area (Å²) in [6, 6.07) is 1.76. The smallest absolute Gasteiger partial charge is 0.137 e. The van der Waals surface area contributed by atoms with Crippen molar-refractivity contribution in [3.63, 3.8) is 0 Å². The normalized spacial score (nSPS) is 14.7. The van der Waals surface area contributed by atoms with Crippen LogP contribution < -0.4 is 0 Å². The Hall–Kier alpha value is -1.76. The Bertz CT molecular complexity index is 505. The minimum Gasteiger partial charge on any atom is -0.382 e. The molecule has 98 valence electrons. The SMILES string of the molecule is Cc1cc([C@](C)(O)Cn2cncn2)nn1CCF. The van der Waals surface area contributed by atoms with Gasteiger partial charge in [-0.1, -0.05) is 0 Å². The van der Waals surface area contributed by atoms with Crippen molar-refractivity contribution in [3.05, 3.63) is 30.1 Å². The zero-order valence-corrected chi connectivity index (χ0v) is 10.4. The first-order valence-electron chi connectivity index (χ1n) is 5.68. The van der Waals surface area contributed by atoms with Gasteiger partial charge in [0.2, 0.25) is 0 Å². The summed E-state index contributed by atoms with van der Waals surface area (Å²) < 4.78 is 15.4.